The van der Waals surface area contributed by atoms with E-state index in [1.165, 1.54) is 5.56 Å². The number of aromatic nitrogens is 1. The Morgan fingerprint density at radius 2 is 1.77 bits per heavy atom. The molecule has 3 aromatic rings. The van der Waals surface area contributed by atoms with Crippen LogP contribution in [0.2, 0.25) is 0 Å². The van der Waals surface area contributed by atoms with E-state index in [9.17, 15) is 9.59 Å². The maximum Gasteiger partial charge on any atom is 0.271 e. The van der Waals surface area contributed by atoms with Crippen molar-refractivity contribution < 1.29 is 9.59 Å². The number of fused-ring (bicyclic) bond motifs is 3. The number of nitrogens with zero attached hydrogens (tertiary/aromatic N) is 2. The van der Waals surface area contributed by atoms with E-state index in [1.807, 2.05) is 60.0 Å². The zero-order chi connectivity index (χ0) is 21.4. The van der Waals surface area contributed by atoms with E-state index >= 15 is 0 Å². The van der Waals surface area contributed by atoms with Crippen molar-refractivity contribution in [2.75, 3.05) is 6.54 Å². The van der Waals surface area contributed by atoms with Gasteiger partial charge < -0.3 is 14.8 Å². The van der Waals surface area contributed by atoms with Gasteiger partial charge in [-0.3, -0.25) is 9.59 Å². The zero-order valence-electron chi connectivity index (χ0n) is 18.0. The monoisotopic (exact) mass is 415 g/mol. The number of carbonyl (C=O) groups is 2. The summed E-state index contributed by atoms with van der Waals surface area (Å²) < 4.78 is 2.03. The van der Waals surface area contributed by atoms with Crippen molar-refractivity contribution in [2.45, 2.75) is 57.2 Å². The molecule has 31 heavy (non-hydrogen) atoms. The normalized spacial score (nSPS) is 21.5. The zero-order valence-corrected chi connectivity index (χ0v) is 18.0. The highest BCUT2D eigenvalue weighted by Gasteiger charge is 2.47. The lowest BCUT2D eigenvalue weighted by Crippen LogP contribution is -2.65. The summed E-state index contributed by atoms with van der Waals surface area (Å²) in [6.07, 6.45) is 5.09. The van der Waals surface area contributed by atoms with E-state index in [0.29, 0.717) is 18.8 Å². The van der Waals surface area contributed by atoms with Gasteiger partial charge in [-0.05, 0) is 43.9 Å². The lowest BCUT2D eigenvalue weighted by molar-refractivity contribution is -0.133. The average molecular weight is 416 g/mol. The molecular weight excluding hydrogens is 386 g/mol. The fraction of sp³-hybridized carbons (Fsp3) is 0.385. The second kappa shape index (κ2) is 7.88. The van der Waals surface area contributed by atoms with Crippen molar-refractivity contribution >= 4 is 22.7 Å². The molecule has 0 saturated heterocycles. The van der Waals surface area contributed by atoms with Gasteiger partial charge in [0, 0.05) is 23.5 Å². The third-order valence-electron chi connectivity index (χ3n) is 6.98. The molecule has 1 N–H and O–H groups in total. The smallest absolute Gasteiger partial charge is 0.271 e. The number of para-hydroxylation sites is 1. The molecule has 0 spiro atoms. The summed E-state index contributed by atoms with van der Waals surface area (Å²) in [4.78, 5) is 29.1. The lowest BCUT2D eigenvalue weighted by Gasteiger charge is -2.44. The summed E-state index contributed by atoms with van der Waals surface area (Å²) in [5.41, 5.74) is 1.91. The molecular formula is C26H29N3O2. The minimum atomic E-state index is -0.927. The van der Waals surface area contributed by atoms with Gasteiger partial charge in [0.15, 0.2) is 0 Å². The predicted molar refractivity (Wildman–Crippen MR) is 122 cm³/mol. The molecule has 5 heteroatoms. The van der Waals surface area contributed by atoms with Gasteiger partial charge in [0.2, 0.25) is 5.91 Å². The van der Waals surface area contributed by atoms with Gasteiger partial charge in [0.25, 0.3) is 5.91 Å². The van der Waals surface area contributed by atoms with Crippen LogP contribution in [-0.4, -0.2) is 39.4 Å². The van der Waals surface area contributed by atoms with Gasteiger partial charge in [-0.1, -0.05) is 61.4 Å². The molecule has 0 radical (unpaired) electrons. The van der Waals surface area contributed by atoms with E-state index in [0.717, 1.165) is 43.0 Å². The Bertz CT molecular complexity index is 1110. The number of benzene rings is 2. The number of carbonyl (C=O) groups excluding carboxylic acids is 2. The standard InChI is InChI=1S/C26H29N3O2/c1-26(25(31)27-21-12-6-7-13-21)18-28-22-14-8-5-11-20(22)17-23(28)24(30)29(26)16-15-19-9-3-2-4-10-19/h2-5,8-11,14,17,21H,6-7,12-13,15-16,18H2,1H3,(H,27,31)/t26-/m1/s1. The number of nitrogens with one attached hydrogen (secondary N) is 1. The molecule has 0 unspecified atom stereocenters. The largest absolute Gasteiger partial charge is 0.351 e. The molecule has 1 aliphatic carbocycles. The van der Waals surface area contributed by atoms with Crippen LogP contribution in [0.1, 0.15) is 48.7 Å². The Balaban J connectivity index is 1.51. The first kappa shape index (κ1) is 19.9. The summed E-state index contributed by atoms with van der Waals surface area (Å²) in [6.45, 7) is 2.91. The van der Waals surface area contributed by atoms with Gasteiger partial charge in [-0.2, -0.15) is 0 Å². The maximum atomic E-state index is 13.7. The maximum absolute atomic E-state index is 13.7. The van der Waals surface area contributed by atoms with Gasteiger partial charge in [0.1, 0.15) is 11.2 Å². The molecule has 2 amide bonds. The van der Waals surface area contributed by atoms with Crippen LogP contribution in [0.15, 0.2) is 60.7 Å². The fourth-order valence-electron chi connectivity index (χ4n) is 5.15. The van der Waals surface area contributed by atoms with Crippen LogP contribution in [-0.2, 0) is 17.8 Å². The highest BCUT2D eigenvalue weighted by Crippen LogP contribution is 2.33. The van der Waals surface area contributed by atoms with Crippen LogP contribution in [0.3, 0.4) is 0 Å². The first-order valence-corrected chi connectivity index (χ1v) is 11.3. The van der Waals surface area contributed by atoms with E-state index < -0.39 is 5.54 Å². The summed E-state index contributed by atoms with van der Waals surface area (Å²) >= 11 is 0. The highest BCUT2D eigenvalue weighted by molar-refractivity contribution is 6.03. The Labute approximate surface area is 183 Å². The van der Waals surface area contributed by atoms with Crippen molar-refractivity contribution in [3.8, 4) is 0 Å². The minimum absolute atomic E-state index is 0.0377. The first-order valence-electron chi connectivity index (χ1n) is 11.3. The van der Waals surface area contributed by atoms with E-state index in [1.54, 1.807) is 4.90 Å². The minimum Gasteiger partial charge on any atom is -0.351 e. The van der Waals surface area contributed by atoms with Crippen LogP contribution in [0, 0.1) is 0 Å². The predicted octanol–water partition coefficient (Wildman–Crippen LogP) is 4.16. The average Bonchev–Trinajstić information content (AvgIpc) is 3.42. The Morgan fingerprint density at radius 3 is 2.55 bits per heavy atom. The molecule has 1 aliphatic heterocycles. The number of hydrogen-bond acceptors (Lipinski definition) is 2. The fourth-order valence-corrected chi connectivity index (χ4v) is 5.15. The number of rotatable bonds is 5. The molecule has 2 heterocycles. The molecule has 5 rings (SSSR count). The lowest BCUT2D eigenvalue weighted by atomic mass is 9.93. The molecule has 1 fully saturated rings. The number of amides is 2. The van der Waals surface area contributed by atoms with Crippen molar-refractivity contribution in [1.82, 2.24) is 14.8 Å². The SMILES string of the molecule is C[C@]1(C(=O)NC2CCCC2)Cn2c(cc3ccccc32)C(=O)N1CCc1ccccc1. The van der Waals surface area contributed by atoms with E-state index in [2.05, 4.69) is 17.4 Å². The first-order chi connectivity index (χ1) is 15.1. The van der Waals surface area contributed by atoms with Gasteiger partial charge >= 0.3 is 0 Å². The molecule has 0 bridgehead atoms. The second-order valence-corrected chi connectivity index (χ2v) is 9.10. The van der Waals surface area contributed by atoms with Gasteiger partial charge in [-0.25, -0.2) is 0 Å². The van der Waals surface area contributed by atoms with Crippen LogP contribution < -0.4 is 5.32 Å². The van der Waals surface area contributed by atoms with Crippen LogP contribution in [0.25, 0.3) is 10.9 Å². The summed E-state index contributed by atoms with van der Waals surface area (Å²) in [5, 5.41) is 4.30. The van der Waals surface area contributed by atoms with Crippen molar-refractivity contribution in [2.24, 2.45) is 0 Å². The van der Waals surface area contributed by atoms with Crippen molar-refractivity contribution in [1.29, 1.82) is 0 Å². The molecule has 5 nitrogen and oxygen atoms in total. The molecule has 160 valence electrons. The van der Waals surface area contributed by atoms with Crippen LogP contribution in [0.4, 0.5) is 0 Å². The van der Waals surface area contributed by atoms with Crippen molar-refractivity contribution in [3.63, 3.8) is 0 Å². The quantitative estimate of drug-likeness (QED) is 0.680. The molecule has 1 saturated carbocycles. The highest BCUT2D eigenvalue weighted by atomic mass is 16.2. The van der Waals surface area contributed by atoms with Crippen LogP contribution in [0.5, 0.6) is 0 Å². The Morgan fingerprint density at radius 1 is 1.06 bits per heavy atom. The summed E-state index contributed by atoms with van der Waals surface area (Å²) in [6, 6.07) is 20.4. The van der Waals surface area contributed by atoms with Gasteiger partial charge in [-0.15, -0.1) is 0 Å². The molecule has 1 aromatic heterocycles. The molecule has 2 aliphatic rings. The topological polar surface area (TPSA) is 54.3 Å². The molecule has 1 atom stereocenters. The Kier molecular flexibility index (Phi) is 5.05. The second-order valence-electron chi connectivity index (χ2n) is 9.10. The van der Waals surface area contributed by atoms with E-state index in [4.69, 9.17) is 0 Å². The van der Waals surface area contributed by atoms with E-state index in [-0.39, 0.29) is 17.9 Å². The third-order valence-corrected chi connectivity index (χ3v) is 6.98. The Hall–Kier alpha value is -3.08. The summed E-state index contributed by atoms with van der Waals surface area (Å²) in [5.74, 6) is -0.105. The van der Waals surface area contributed by atoms with Gasteiger partial charge in [0.05, 0.1) is 6.54 Å². The van der Waals surface area contributed by atoms with Crippen molar-refractivity contribution in [3.05, 3.63) is 71.9 Å². The molecule has 2 aromatic carbocycles. The summed E-state index contributed by atoms with van der Waals surface area (Å²) in [7, 11) is 0. The third kappa shape index (κ3) is 3.52. The number of hydrogen-bond donors (Lipinski definition) is 1. The van der Waals surface area contributed by atoms with Crippen LogP contribution >= 0.6 is 0 Å².